The highest BCUT2D eigenvalue weighted by molar-refractivity contribution is 7.80. The van der Waals surface area contributed by atoms with Crippen LogP contribution in [0.3, 0.4) is 0 Å². The lowest BCUT2D eigenvalue weighted by Gasteiger charge is -2.34. The van der Waals surface area contributed by atoms with E-state index in [1.54, 1.807) is 0 Å². The normalized spacial score (nSPS) is 24.1. The van der Waals surface area contributed by atoms with E-state index in [2.05, 4.69) is 22.2 Å². The molecule has 6 nitrogen and oxygen atoms in total. The Morgan fingerprint density at radius 2 is 1.92 bits per heavy atom. The number of carbonyl (C=O) groups excluding carboxylic acids is 2. The van der Waals surface area contributed by atoms with Gasteiger partial charge in [-0.1, -0.05) is 12.2 Å². The van der Waals surface area contributed by atoms with Crippen LogP contribution < -0.4 is 10.2 Å². The van der Waals surface area contributed by atoms with Gasteiger partial charge in [-0.05, 0) is 31.2 Å². The van der Waals surface area contributed by atoms with Crippen molar-refractivity contribution in [2.45, 2.75) is 25.4 Å². The number of halogens is 1. The van der Waals surface area contributed by atoms with Gasteiger partial charge in [0, 0.05) is 44.7 Å². The van der Waals surface area contributed by atoms with Crippen LogP contribution in [0.4, 0.5) is 10.1 Å². The van der Waals surface area contributed by atoms with Crippen molar-refractivity contribution >= 4 is 34.7 Å². The lowest BCUT2D eigenvalue weighted by atomic mass is 10.0. The number of fused-ring (bicyclic) bond motifs is 1. The highest BCUT2D eigenvalue weighted by atomic mass is 32.1. The second-order valence-electron chi connectivity index (χ2n) is 7.15. The van der Waals surface area contributed by atoms with E-state index < -0.39 is 6.04 Å². The van der Waals surface area contributed by atoms with Crippen molar-refractivity contribution in [2.75, 3.05) is 38.1 Å². The minimum atomic E-state index is -0.470. The molecule has 1 unspecified atom stereocenters. The van der Waals surface area contributed by atoms with Gasteiger partial charge in [0.05, 0.1) is 5.69 Å². The van der Waals surface area contributed by atoms with Gasteiger partial charge in [-0.2, -0.15) is 0 Å². The van der Waals surface area contributed by atoms with Crippen LogP contribution in [0.15, 0.2) is 12.1 Å². The van der Waals surface area contributed by atoms with Crippen LogP contribution in [0.25, 0.3) is 0 Å². The molecule has 0 bridgehead atoms. The van der Waals surface area contributed by atoms with Crippen molar-refractivity contribution in [2.24, 2.45) is 0 Å². The molecule has 3 heterocycles. The van der Waals surface area contributed by atoms with Crippen LogP contribution in [-0.4, -0.2) is 65.9 Å². The number of thiocarbonyl (C=S) groups is 1. The molecule has 2 saturated heterocycles. The maximum Gasteiger partial charge on any atom is 0.249 e. The molecule has 0 radical (unpaired) electrons. The molecule has 0 saturated carbocycles. The van der Waals surface area contributed by atoms with Crippen molar-refractivity contribution in [1.82, 2.24) is 15.1 Å². The number of nitrogens with one attached hydrogen (secondary N) is 1. The third-order valence-corrected chi connectivity index (χ3v) is 5.89. The number of amides is 2. The van der Waals surface area contributed by atoms with Crippen LogP contribution in [0.1, 0.15) is 24.0 Å². The number of benzene rings is 1. The summed E-state index contributed by atoms with van der Waals surface area (Å²) >= 11 is 5.51. The van der Waals surface area contributed by atoms with Crippen molar-refractivity contribution in [3.05, 3.63) is 29.1 Å². The smallest absolute Gasteiger partial charge is 0.249 e. The molecular formula is C18H21FN4O2S. The fourth-order valence-electron chi connectivity index (χ4n) is 3.87. The predicted octanol–water partition coefficient (Wildman–Crippen LogP) is 0.874. The third kappa shape index (κ3) is 2.97. The number of likely N-dealkylation sites (N-methyl/N-ethyl adjacent to an activating group) is 1. The first kappa shape index (κ1) is 17.4. The zero-order chi connectivity index (χ0) is 18.4. The number of rotatable bonds is 2. The van der Waals surface area contributed by atoms with Gasteiger partial charge in [0.1, 0.15) is 16.8 Å². The van der Waals surface area contributed by atoms with E-state index in [1.807, 2.05) is 11.0 Å². The summed E-state index contributed by atoms with van der Waals surface area (Å²) in [6.45, 7) is 3.84. The molecule has 0 aromatic heterocycles. The summed E-state index contributed by atoms with van der Waals surface area (Å²) in [4.78, 5) is 30.1. The molecule has 26 heavy (non-hydrogen) atoms. The molecule has 2 fully saturated rings. The summed E-state index contributed by atoms with van der Waals surface area (Å²) in [7, 11) is 2.06. The second-order valence-corrected chi connectivity index (χ2v) is 7.54. The molecule has 0 spiro atoms. The molecule has 1 atom stereocenters. The number of piperidine rings is 1. The lowest BCUT2D eigenvalue weighted by molar-refractivity contribution is -0.136. The fourth-order valence-corrected chi connectivity index (χ4v) is 4.25. The van der Waals surface area contributed by atoms with Gasteiger partial charge in [-0.15, -0.1) is 0 Å². The summed E-state index contributed by atoms with van der Waals surface area (Å²) in [5.41, 5.74) is 2.22. The number of hydrogen-bond donors (Lipinski definition) is 1. The summed E-state index contributed by atoms with van der Waals surface area (Å²) in [5, 5.41) is 2.37. The maximum atomic E-state index is 14.7. The SMILES string of the molecule is CN1CCN(c2cc3c(cc2F)C(=S)N(C2CCC(=O)NC2=O)C3)CC1. The summed E-state index contributed by atoms with van der Waals surface area (Å²) in [6.07, 6.45) is 0.735. The zero-order valence-corrected chi connectivity index (χ0v) is 15.4. The van der Waals surface area contributed by atoms with Gasteiger partial charge < -0.3 is 14.7 Å². The standard InChI is InChI=1S/C18H21FN4O2S/c1-21-4-6-22(7-5-21)15-8-11-10-23(18(26)12(11)9-13(15)19)14-2-3-16(24)20-17(14)25/h8-9,14H,2-7,10H2,1H3,(H,20,24,25). The molecule has 1 aromatic carbocycles. The fraction of sp³-hybridized carbons (Fsp3) is 0.500. The Balaban J connectivity index is 1.58. The molecule has 1 N–H and O–H groups in total. The summed E-state index contributed by atoms with van der Waals surface area (Å²) in [6, 6.07) is 2.90. The van der Waals surface area contributed by atoms with E-state index in [0.717, 1.165) is 31.7 Å². The highest BCUT2D eigenvalue weighted by Crippen LogP contribution is 2.33. The molecule has 2 amide bonds. The van der Waals surface area contributed by atoms with Crippen molar-refractivity contribution in [1.29, 1.82) is 0 Å². The number of carbonyl (C=O) groups is 2. The monoisotopic (exact) mass is 376 g/mol. The molecule has 3 aliphatic heterocycles. The highest BCUT2D eigenvalue weighted by Gasteiger charge is 2.37. The number of imide groups is 1. The number of hydrogen-bond acceptors (Lipinski definition) is 5. The van der Waals surface area contributed by atoms with Gasteiger partial charge in [0.2, 0.25) is 11.8 Å². The Morgan fingerprint density at radius 3 is 2.62 bits per heavy atom. The minimum Gasteiger partial charge on any atom is -0.367 e. The van der Waals surface area contributed by atoms with E-state index >= 15 is 0 Å². The molecule has 0 aliphatic carbocycles. The van der Waals surface area contributed by atoms with Crippen LogP contribution in [0.2, 0.25) is 0 Å². The van der Waals surface area contributed by atoms with E-state index in [1.165, 1.54) is 6.07 Å². The van der Waals surface area contributed by atoms with Crippen molar-refractivity contribution in [3.8, 4) is 0 Å². The summed E-state index contributed by atoms with van der Waals surface area (Å²) < 4.78 is 14.7. The molecule has 1 aromatic rings. The Bertz CT molecular complexity index is 792. The van der Waals surface area contributed by atoms with Crippen LogP contribution >= 0.6 is 12.2 Å². The van der Waals surface area contributed by atoms with Crippen LogP contribution in [0, 0.1) is 5.82 Å². The number of piperazine rings is 1. The van der Waals surface area contributed by atoms with Gasteiger partial charge in [0.25, 0.3) is 0 Å². The Kier molecular flexibility index (Phi) is 4.40. The average molecular weight is 376 g/mol. The first-order valence-corrected chi connectivity index (χ1v) is 9.25. The molecule has 3 aliphatic rings. The van der Waals surface area contributed by atoms with E-state index in [4.69, 9.17) is 12.2 Å². The van der Waals surface area contributed by atoms with Gasteiger partial charge >= 0.3 is 0 Å². The molecule has 138 valence electrons. The molecule has 8 heteroatoms. The minimum absolute atomic E-state index is 0.253. The Hall–Kier alpha value is -2.06. The van der Waals surface area contributed by atoms with E-state index in [9.17, 15) is 14.0 Å². The first-order valence-electron chi connectivity index (χ1n) is 8.84. The van der Waals surface area contributed by atoms with Crippen molar-refractivity contribution in [3.63, 3.8) is 0 Å². The van der Waals surface area contributed by atoms with Gasteiger partial charge in [-0.3, -0.25) is 14.9 Å². The van der Waals surface area contributed by atoms with E-state index in [-0.39, 0.29) is 17.6 Å². The summed E-state index contributed by atoms with van der Waals surface area (Å²) in [5.74, 6) is -0.853. The van der Waals surface area contributed by atoms with Crippen LogP contribution in [-0.2, 0) is 16.1 Å². The van der Waals surface area contributed by atoms with E-state index in [0.29, 0.717) is 35.6 Å². The maximum absolute atomic E-state index is 14.7. The topological polar surface area (TPSA) is 55.9 Å². The Morgan fingerprint density at radius 1 is 1.19 bits per heavy atom. The average Bonchev–Trinajstić information content (AvgIpc) is 2.91. The van der Waals surface area contributed by atoms with Gasteiger partial charge in [0.15, 0.2) is 0 Å². The quantitative estimate of drug-likeness (QED) is 0.611. The molecule has 4 rings (SSSR count). The first-order chi connectivity index (χ1) is 12.4. The number of nitrogens with zero attached hydrogens (tertiary/aromatic N) is 3. The van der Waals surface area contributed by atoms with Crippen molar-refractivity contribution < 1.29 is 14.0 Å². The number of anilines is 1. The largest absolute Gasteiger partial charge is 0.367 e. The predicted molar refractivity (Wildman–Crippen MR) is 99.5 cm³/mol. The van der Waals surface area contributed by atoms with Crippen LogP contribution in [0.5, 0.6) is 0 Å². The second kappa shape index (κ2) is 6.59. The third-order valence-electron chi connectivity index (χ3n) is 5.43. The lowest BCUT2D eigenvalue weighted by Crippen LogP contribution is -2.52. The van der Waals surface area contributed by atoms with Gasteiger partial charge in [-0.25, -0.2) is 4.39 Å². The molecular weight excluding hydrogens is 355 g/mol. The zero-order valence-electron chi connectivity index (χ0n) is 14.6. The Labute approximate surface area is 156 Å².